The molecular formula is C16H25ClN2O3. The highest BCUT2D eigenvalue weighted by Gasteiger charge is 2.33. The van der Waals surface area contributed by atoms with Crippen molar-refractivity contribution in [3.63, 3.8) is 0 Å². The van der Waals surface area contributed by atoms with Crippen molar-refractivity contribution in [1.82, 2.24) is 10.1 Å². The summed E-state index contributed by atoms with van der Waals surface area (Å²) in [5, 5.41) is 3.95. The lowest BCUT2D eigenvalue weighted by Gasteiger charge is -2.39. The number of aromatic nitrogens is 1. The molecule has 0 aromatic carbocycles. The van der Waals surface area contributed by atoms with E-state index in [0.29, 0.717) is 13.1 Å². The van der Waals surface area contributed by atoms with Crippen LogP contribution in [0.3, 0.4) is 0 Å². The highest BCUT2D eigenvalue weighted by molar-refractivity contribution is 6.27. The Morgan fingerprint density at radius 3 is 2.91 bits per heavy atom. The first-order chi connectivity index (χ1) is 10.4. The first kappa shape index (κ1) is 17.3. The van der Waals surface area contributed by atoms with Crippen LogP contribution in [0.5, 0.6) is 0 Å². The number of carbonyl (C=O) groups excluding carboxylic acids is 1. The number of ether oxygens (including phenoxy) is 1. The fourth-order valence-corrected chi connectivity index (χ4v) is 3.12. The molecule has 0 saturated carbocycles. The maximum absolute atomic E-state index is 12.1. The Kier molecular flexibility index (Phi) is 5.87. The van der Waals surface area contributed by atoms with Crippen LogP contribution in [0.15, 0.2) is 10.6 Å². The summed E-state index contributed by atoms with van der Waals surface area (Å²) in [6, 6.07) is 1.84. The summed E-state index contributed by atoms with van der Waals surface area (Å²) >= 11 is 5.73. The van der Waals surface area contributed by atoms with Crippen LogP contribution in [0.4, 0.5) is 0 Å². The van der Waals surface area contributed by atoms with Gasteiger partial charge in [-0.1, -0.05) is 19.0 Å². The van der Waals surface area contributed by atoms with Crippen LogP contribution in [0.1, 0.15) is 44.6 Å². The number of halogens is 1. The van der Waals surface area contributed by atoms with E-state index in [2.05, 4.69) is 19.0 Å². The van der Waals surface area contributed by atoms with Gasteiger partial charge < -0.3 is 14.2 Å². The van der Waals surface area contributed by atoms with Crippen LogP contribution >= 0.6 is 11.6 Å². The van der Waals surface area contributed by atoms with Crippen molar-refractivity contribution in [2.24, 2.45) is 5.41 Å². The number of alkyl halides is 1. The highest BCUT2D eigenvalue weighted by atomic mass is 35.5. The third-order valence-corrected chi connectivity index (χ3v) is 4.54. The van der Waals surface area contributed by atoms with Crippen molar-refractivity contribution in [2.75, 3.05) is 19.0 Å². The van der Waals surface area contributed by atoms with E-state index >= 15 is 0 Å². The number of amides is 1. The van der Waals surface area contributed by atoms with E-state index in [9.17, 15) is 4.79 Å². The third kappa shape index (κ3) is 4.46. The Bertz CT molecular complexity index is 501. The van der Waals surface area contributed by atoms with Gasteiger partial charge in [-0.2, -0.15) is 0 Å². The van der Waals surface area contributed by atoms with Crippen LogP contribution in [0.25, 0.3) is 0 Å². The zero-order chi connectivity index (χ0) is 16.2. The van der Waals surface area contributed by atoms with Crippen LogP contribution in [0.2, 0.25) is 0 Å². The zero-order valence-corrected chi connectivity index (χ0v) is 14.4. The second-order valence-corrected chi connectivity index (χ2v) is 6.89. The van der Waals surface area contributed by atoms with E-state index in [-0.39, 0.29) is 23.3 Å². The number of carbonyl (C=O) groups is 1. The van der Waals surface area contributed by atoms with Gasteiger partial charge in [0.05, 0.1) is 12.6 Å². The second kappa shape index (κ2) is 7.47. The molecule has 0 aliphatic carbocycles. The third-order valence-electron chi connectivity index (χ3n) is 4.31. The van der Waals surface area contributed by atoms with E-state index in [1.807, 2.05) is 13.0 Å². The molecule has 1 fully saturated rings. The Balaban J connectivity index is 1.96. The Labute approximate surface area is 136 Å². The lowest BCUT2D eigenvalue weighted by atomic mass is 9.79. The van der Waals surface area contributed by atoms with Gasteiger partial charge in [0, 0.05) is 19.2 Å². The molecule has 1 aliphatic heterocycles. The van der Waals surface area contributed by atoms with E-state index in [1.54, 1.807) is 4.90 Å². The van der Waals surface area contributed by atoms with E-state index in [0.717, 1.165) is 37.3 Å². The highest BCUT2D eigenvalue weighted by Crippen LogP contribution is 2.35. The van der Waals surface area contributed by atoms with Crippen LogP contribution < -0.4 is 0 Å². The average Bonchev–Trinajstić information content (AvgIpc) is 2.88. The lowest BCUT2D eigenvalue weighted by molar-refractivity contribution is -0.130. The summed E-state index contributed by atoms with van der Waals surface area (Å²) in [6.45, 7) is 8.14. The molecule has 1 saturated heterocycles. The quantitative estimate of drug-likeness (QED) is 0.753. The molecule has 124 valence electrons. The van der Waals surface area contributed by atoms with Crippen molar-refractivity contribution < 1.29 is 14.1 Å². The summed E-state index contributed by atoms with van der Waals surface area (Å²) < 4.78 is 11.0. The number of aryl methyl sites for hydroxylation is 1. The van der Waals surface area contributed by atoms with Gasteiger partial charge in [-0.25, -0.2) is 0 Å². The fourth-order valence-electron chi connectivity index (χ4n) is 2.95. The number of hydrogen-bond donors (Lipinski definition) is 0. The normalized spacial score (nSPS) is 20.8. The van der Waals surface area contributed by atoms with Gasteiger partial charge in [0.2, 0.25) is 5.91 Å². The molecule has 1 aromatic heterocycles. The number of nitrogens with zero attached hydrogens (tertiary/aromatic N) is 2. The second-order valence-electron chi connectivity index (χ2n) is 6.62. The largest absolute Gasteiger partial charge is 0.378 e. The molecule has 1 atom stereocenters. The molecule has 1 aliphatic rings. The van der Waals surface area contributed by atoms with E-state index in [1.165, 1.54) is 0 Å². The minimum absolute atomic E-state index is 0.0221. The Hall–Kier alpha value is -1.07. The SMILES string of the molecule is Cc1cc(CN(CCC2OCCCC2(C)C)C(=O)CCl)no1. The van der Waals surface area contributed by atoms with Crippen molar-refractivity contribution in [3.05, 3.63) is 17.5 Å². The molecule has 5 nitrogen and oxygen atoms in total. The molecule has 2 heterocycles. The molecule has 2 rings (SSSR count). The molecule has 22 heavy (non-hydrogen) atoms. The zero-order valence-electron chi connectivity index (χ0n) is 13.6. The Morgan fingerprint density at radius 2 is 2.32 bits per heavy atom. The standard InChI is InChI=1S/C16H25ClN2O3/c1-12-9-13(18-22-12)11-19(15(20)10-17)7-5-14-16(2,3)6-4-8-21-14/h9,14H,4-8,10-11H2,1-3H3. The number of hydrogen-bond acceptors (Lipinski definition) is 4. The molecule has 1 aromatic rings. The van der Waals surface area contributed by atoms with E-state index in [4.69, 9.17) is 20.9 Å². The summed E-state index contributed by atoms with van der Waals surface area (Å²) in [5.74, 6) is 0.632. The van der Waals surface area contributed by atoms with Crippen molar-refractivity contribution >= 4 is 17.5 Å². The number of rotatable bonds is 6. The molecule has 1 amide bonds. The van der Waals surface area contributed by atoms with Gasteiger partial charge >= 0.3 is 0 Å². The van der Waals surface area contributed by atoms with Crippen LogP contribution in [-0.4, -0.2) is 41.1 Å². The summed E-state index contributed by atoms with van der Waals surface area (Å²) in [4.78, 5) is 13.8. The molecule has 0 bridgehead atoms. The lowest BCUT2D eigenvalue weighted by Crippen LogP contribution is -2.41. The minimum Gasteiger partial charge on any atom is -0.378 e. The molecule has 0 N–H and O–H groups in total. The molecule has 0 spiro atoms. The molecule has 0 radical (unpaired) electrons. The average molecular weight is 329 g/mol. The smallest absolute Gasteiger partial charge is 0.237 e. The predicted molar refractivity (Wildman–Crippen MR) is 84.7 cm³/mol. The molecular weight excluding hydrogens is 304 g/mol. The van der Waals surface area contributed by atoms with Crippen molar-refractivity contribution in [3.8, 4) is 0 Å². The van der Waals surface area contributed by atoms with Crippen LogP contribution in [0, 0.1) is 12.3 Å². The van der Waals surface area contributed by atoms with Gasteiger partial charge in [-0.05, 0) is 31.6 Å². The fraction of sp³-hybridized carbons (Fsp3) is 0.750. The van der Waals surface area contributed by atoms with Crippen LogP contribution in [-0.2, 0) is 16.1 Å². The maximum Gasteiger partial charge on any atom is 0.237 e. The van der Waals surface area contributed by atoms with Gasteiger partial charge in [-0.3, -0.25) is 4.79 Å². The van der Waals surface area contributed by atoms with E-state index < -0.39 is 0 Å². The van der Waals surface area contributed by atoms with Gasteiger partial charge in [0.25, 0.3) is 0 Å². The predicted octanol–water partition coefficient (Wildman–Crippen LogP) is 3.15. The van der Waals surface area contributed by atoms with Crippen molar-refractivity contribution in [1.29, 1.82) is 0 Å². The first-order valence-corrected chi connectivity index (χ1v) is 8.33. The molecule has 1 unspecified atom stereocenters. The maximum atomic E-state index is 12.1. The summed E-state index contributed by atoms with van der Waals surface area (Å²) in [6.07, 6.45) is 3.24. The molecule has 6 heteroatoms. The monoisotopic (exact) mass is 328 g/mol. The minimum atomic E-state index is -0.0871. The first-order valence-electron chi connectivity index (χ1n) is 7.80. The van der Waals surface area contributed by atoms with Gasteiger partial charge in [-0.15, -0.1) is 11.6 Å². The van der Waals surface area contributed by atoms with Gasteiger partial charge in [0.15, 0.2) is 0 Å². The van der Waals surface area contributed by atoms with Gasteiger partial charge in [0.1, 0.15) is 17.3 Å². The summed E-state index contributed by atoms with van der Waals surface area (Å²) in [5.41, 5.74) is 0.901. The topological polar surface area (TPSA) is 55.6 Å². The van der Waals surface area contributed by atoms with Crippen molar-refractivity contribution in [2.45, 2.75) is 52.7 Å². The Morgan fingerprint density at radius 1 is 1.55 bits per heavy atom. The summed E-state index contributed by atoms with van der Waals surface area (Å²) in [7, 11) is 0.